The molecule has 4 heteroatoms. The molecule has 1 heterocycles. The van der Waals surface area contributed by atoms with Crippen molar-refractivity contribution in [3.05, 3.63) is 36.2 Å². The maximum Gasteiger partial charge on any atom is 0.126 e. The first kappa shape index (κ1) is 11.7. The molecule has 0 radical (unpaired) electrons. The molecule has 0 atom stereocenters. The first-order valence-corrected chi connectivity index (χ1v) is 5.60. The Hall–Kier alpha value is -1.81. The molecule has 2 N–H and O–H groups in total. The summed E-state index contributed by atoms with van der Waals surface area (Å²) in [4.78, 5) is 0. The minimum absolute atomic E-state index is 0.652. The second-order valence-corrected chi connectivity index (χ2v) is 3.98. The largest absolute Gasteiger partial charge is 0.496 e. The Bertz CT molecular complexity index is 505. The van der Waals surface area contributed by atoms with Crippen LogP contribution in [0.2, 0.25) is 0 Å². The van der Waals surface area contributed by atoms with E-state index < -0.39 is 0 Å². The van der Waals surface area contributed by atoms with Crippen LogP contribution >= 0.6 is 0 Å². The third kappa shape index (κ3) is 2.47. The number of hydrogen-bond donors (Lipinski definition) is 1. The quantitative estimate of drug-likeness (QED) is 0.869. The lowest BCUT2D eigenvalue weighted by Gasteiger charge is -2.09. The van der Waals surface area contributed by atoms with Crippen LogP contribution in [0, 0.1) is 0 Å². The van der Waals surface area contributed by atoms with E-state index in [0.29, 0.717) is 6.54 Å². The molecule has 0 aliphatic heterocycles. The summed E-state index contributed by atoms with van der Waals surface area (Å²) >= 11 is 0. The van der Waals surface area contributed by atoms with Crippen LogP contribution in [-0.4, -0.2) is 23.4 Å². The number of methoxy groups -OCH3 is 1. The van der Waals surface area contributed by atoms with Gasteiger partial charge in [0.25, 0.3) is 0 Å². The maximum atomic E-state index is 5.58. The van der Waals surface area contributed by atoms with Crippen molar-refractivity contribution in [2.24, 2.45) is 12.8 Å². The van der Waals surface area contributed by atoms with Gasteiger partial charge in [-0.25, -0.2) is 0 Å². The standard InChI is InChI=1S/C13H17N3O/c1-16-9-11(8-15-16)12-7-10(5-6-14)3-4-13(12)17-2/h3-4,7-9H,5-6,14H2,1-2H3. The molecule has 0 fully saturated rings. The van der Waals surface area contributed by atoms with Gasteiger partial charge in [0.1, 0.15) is 5.75 Å². The highest BCUT2D eigenvalue weighted by molar-refractivity contribution is 5.70. The van der Waals surface area contributed by atoms with Gasteiger partial charge in [-0.1, -0.05) is 6.07 Å². The van der Waals surface area contributed by atoms with Crippen molar-refractivity contribution >= 4 is 0 Å². The van der Waals surface area contributed by atoms with Crippen molar-refractivity contribution in [2.45, 2.75) is 6.42 Å². The molecule has 0 aliphatic carbocycles. The minimum atomic E-state index is 0.652. The van der Waals surface area contributed by atoms with Gasteiger partial charge in [-0.3, -0.25) is 4.68 Å². The van der Waals surface area contributed by atoms with Gasteiger partial charge in [0.15, 0.2) is 0 Å². The van der Waals surface area contributed by atoms with Gasteiger partial charge in [0.05, 0.1) is 13.3 Å². The Kier molecular flexibility index (Phi) is 3.44. The van der Waals surface area contributed by atoms with Crippen molar-refractivity contribution in [3.63, 3.8) is 0 Å². The average Bonchev–Trinajstić information content (AvgIpc) is 2.76. The molecule has 2 rings (SSSR count). The number of ether oxygens (including phenoxy) is 1. The summed E-state index contributed by atoms with van der Waals surface area (Å²) in [6.07, 6.45) is 4.69. The first-order valence-electron chi connectivity index (χ1n) is 5.60. The van der Waals surface area contributed by atoms with Gasteiger partial charge in [-0.2, -0.15) is 5.10 Å². The third-order valence-corrected chi connectivity index (χ3v) is 2.71. The number of nitrogens with two attached hydrogens (primary N) is 1. The van der Waals surface area contributed by atoms with E-state index in [0.717, 1.165) is 23.3 Å². The van der Waals surface area contributed by atoms with E-state index in [1.54, 1.807) is 11.8 Å². The number of rotatable bonds is 4. The van der Waals surface area contributed by atoms with Crippen molar-refractivity contribution in [1.29, 1.82) is 0 Å². The number of nitrogens with zero attached hydrogens (tertiary/aromatic N) is 2. The third-order valence-electron chi connectivity index (χ3n) is 2.71. The van der Waals surface area contributed by atoms with Crippen molar-refractivity contribution in [3.8, 4) is 16.9 Å². The lowest BCUT2D eigenvalue weighted by atomic mass is 10.0. The van der Waals surface area contributed by atoms with E-state index in [1.807, 2.05) is 31.6 Å². The fourth-order valence-electron chi connectivity index (χ4n) is 1.86. The zero-order chi connectivity index (χ0) is 12.3. The second-order valence-electron chi connectivity index (χ2n) is 3.98. The molecule has 0 saturated carbocycles. The Balaban J connectivity index is 2.45. The summed E-state index contributed by atoms with van der Waals surface area (Å²) in [5, 5.41) is 4.18. The van der Waals surface area contributed by atoms with Crippen molar-refractivity contribution in [1.82, 2.24) is 9.78 Å². The molecule has 1 aromatic carbocycles. The molecule has 0 saturated heterocycles. The van der Waals surface area contributed by atoms with E-state index in [9.17, 15) is 0 Å². The van der Waals surface area contributed by atoms with Gasteiger partial charge in [0.2, 0.25) is 0 Å². The Morgan fingerprint density at radius 1 is 1.41 bits per heavy atom. The van der Waals surface area contributed by atoms with E-state index in [1.165, 1.54) is 5.56 Å². The summed E-state index contributed by atoms with van der Waals surface area (Å²) in [6.45, 7) is 0.652. The summed E-state index contributed by atoms with van der Waals surface area (Å²) in [5.41, 5.74) is 8.91. The van der Waals surface area contributed by atoms with E-state index in [2.05, 4.69) is 11.2 Å². The Morgan fingerprint density at radius 3 is 2.82 bits per heavy atom. The summed E-state index contributed by atoms with van der Waals surface area (Å²) in [7, 11) is 3.58. The second kappa shape index (κ2) is 5.01. The number of hydrogen-bond acceptors (Lipinski definition) is 3. The fraction of sp³-hybridized carbons (Fsp3) is 0.308. The minimum Gasteiger partial charge on any atom is -0.496 e. The Labute approximate surface area is 101 Å². The van der Waals surface area contributed by atoms with Crippen LogP contribution in [0.1, 0.15) is 5.56 Å². The molecule has 0 spiro atoms. The Morgan fingerprint density at radius 2 is 2.24 bits per heavy atom. The van der Waals surface area contributed by atoms with Crippen molar-refractivity contribution in [2.75, 3.05) is 13.7 Å². The lowest BCUT2D eigenvalue weighted by molar-refractivity contribution is 0.416. The maximum absolute atomic E-state index is 5.58. The van der Waals surface area contributed by atoms with E-state index >= 15 is 0 Å². The van der Waals surface area contributed by atoms with Crippen LogP contribution in [-0.2, 0) is 13.5 Å². The summed E-state index contributed by atoms with van der Waals surface area (Å²) in [5.74, 6) is 0.860. The zero-order valence-electron chi connectivity index (χ0n) is 10.2. The zero-order valence-corrected chi connectivity index (χ0v) is 10.2. The van der Waals surface area contributed by atoms with Crippen LogP contribution in [0.4, 0.5) is 0 Å². The first-order chi connectivity index (χ1) is 8.24. The van der Waals surface area contributed by atoms with Crippen LogP contribution in [0.15, 0.2) is 30.6 Å². The topological polar surface area (TPSA) is 53.1 Å². The van der Waals surface area contributed by atoms with Gasteiger partial charge in [0, 0.05) is 24.4 Å². The number of benzene rings is 1. The molecular formula is C13H17N3O. The van der Waals surface area contributed by atoms with Gasteiger partial charge >= 0.3 is 0 Å². The molecule has 17 heavy (non-hydrogen) atoms. The fourth-order valence-corrected chi connectivity index (χ4v) is 1.86. The molecule has 4 nitrogen and oxygen atoms in total. The van der Waals surface area contributed by atoms with Crippen LogP contribution in [0.5, 0.6) is 5.75 Å². The smallest absolute Gasteiger partial charge is 0.126 e. The molecule has 0 unspecified atom stereocenters. The summed E-state index contributed by atoms with van der Waals surface area (Å²) < 4.78 is 7.16. The normalized spacial score (nSPS) is 10.5. The van der Waals surface area contributed by atoms with Crippen LogP contribution < -0.4 is 10.5 Å². The number of aromatic nitrogens is 2. The highest BCUT2D eigenvalue weighted by Gasteiger charge is 2.08. The molecule has 0 aliphatic rings. The van der Waals surface area contributed by atoms with Gasteiger partial charge in [-0.05, 0) is 30.7 Å². The molecular weight excluding hydrogens is 214 g/mol. The van der Waals surface area contributed by atoms with Crippen LogP contribution in [0.25, 0.3) is 11.1 Å². The molecule has 1 aromatic heterocycles. The van der Waals surface area contributed by atoms with Gasteiger partial charge < -0.3 is 10.5 Å². The molecule has 0 bridgehead atoms. The number of aryl methyl sites for hydroxylation is 1. The van der Waals surface area contributed by atoms with Gasteiger partial charge in [-0.15, -0.1) is 0 Å². The lowest BCUT2D eigenvalue weighted by Crippen LogP contribution is -2.02. The molecule has 90 valence electrons. The highest BCUT2D eigenvalue weighted by Crippen LogP contribution is 2.30. The molecule has 2 aromatic rings. The van der Waals surface area contributed by atoms with E-state index in [-0.39, 0.29) is 0 Å². The van der Waals surface area contributed by atoms with Crippen LogP contribution in [0.3, 0.4) is 0 Å². The predicted molar refractivity (Wildman–Crippen MR) is 68.0 cm³/mol. The van der Waals surface area contributed by atoms with Crippen molar-refractivity contribution < 1.29 is 4.74 Å². The molecule has 0 amide bonds. The SMILES string of the molecule is COc1ccc(CCN)cc1-c1cnn(C)c1. The average molecular weight is 231 g/mol. The monoisotopic (exact) mass is 231 g/mol. The summed E-state index contributed by atoms with van der Waals surface area (Å²) in [6, 6.07) is 6.14. The highest BCUT2D eigenvalue weighted by atomic mass is 16.5. The van der Waals surface area contributed by atoms with E-state index in [4.69, 9.17) is 10.5 Å². The predicted octanol–water partition coefficient (Wildman–Crippen LogP) is 1.60.